The van der Waals surface area contributed by atoms with Crippen molar-refractivity contribution < 1.29 is 4.42 Å². The smallest absolute Gasteiger partial charge is 0.120 e. The van der Waals surface area contributed by atoms with E-state index in [4.69, 9.17) is 4.42 Å². The molecule has 0 saturated heterocycles. The molecule has 3 nitrogen and oxygen atoms in total. The van der Waals surface area contributed by atoms with Crippen molar-refractivity contribution in [2.24, 2.45) is 0 Å². The van der Waals surface area contributed by atoms with Crippen LogP contribution >= 0.6 is 0 Å². The molecule has 0 radical (unpaired) electrons. The quantitative estimate of drug-likeness (QED) is 0.836. The van der Waals surface area contributed by atoms with Gasteiger partial charge in [0.05, 0.1) is 12.3 Å². The van der Waals surface area contributed by atoms with E-state index in [1.54, 1.807) is 6.26 Å². The molecule has 2 rings (SSSR count). The third kappa shape index (κ3) is 2.55. The molecule has 0 bridgehead atoms. The summed E-state index contributed by atoms with van der Waals surface area (Å²) >= 11 is 0. The summed E-state index contributed by atoms with van der Waals surface area (Å²) in [5, 5.41) is 3.43. The third-order valence-electron chi connectivity index (χ3n) is 2.76. The molecule has 16 heavy (non-hydrogen) atoms. The van der Waals surface area contributed by atoms with E-state index in [0.29, 0.717) is 0 Å². The lowest BCUT2D eigenvalue weighted by Crippen LogP contribution is -2.17. The van der Waals surface area contributed by atoms with Gasteiger partial charge in [0, 0.05) is 25.5 Å². The average Bonchev–Trinajstić information content (AvgIpc) is 2.96. The first kappa shape index (κ1) is 11.0. The number of aromatic nitrogens is 1. The molecule has 0 aromatic carbocycles. The van der Waals surface area contributed by atoms with E-state index in [-0.39, 0.29) is 6.04 Å². The van der Waals surface area contributed by atoms with Gasteiger partial charge in [0.1, 0.15) is 5.76 Å². The van der Waals surface area contributed by atoms with Crippen molar-refractivity contribution in [1.29, 1.82) is 0 Å². The summed E-state index contributed by atoms with van der Waals surface area (Å²) in [7, 11) is 0. The fourth-order valence-electron chi connectivity index (χ4n) is 1.70. The highest BCUT2D eigenvalue weighted by atomic mass is 16.3. The molecule has 1 N–H and O–H groups in total. The summed E-state index contributed by atoms with van der Waals surface area (Å²) in [4.78, 5) is 0. The molecule has 2 aromatic rings. The van der Waals surface area contributed by atoms with Gasteiger partial charge in [-0.15, -0.1) is 0 Å². The molecular weight excluding hydrogens is 200 g/mol. The van der Waals surface area contributed by atoms with Crippen LogP contribution in [-0.4, -0.2) is 4.57 Å². The first-order valence-corrected chi connectivity index (χ1v) is 5.71. The molecular formula is C13H18N2O. The zero-order valence-corrected chi connectivity index (χ0v) is 9.81. The van der Waals surface area contributed by atoms with Crippen molar-refractivity contribution in [2.45, 2.75) is 33.0 Å². The van der Waals surface area contributed by atoms with Gasteiger partial charge in [-0.25, -0.2) is 0 Å². The van der Waals surface area contributed by atoms with Crippen LogP contribution in [0.2, 0.25) is 0 Å². The lowest BCUT2D eigenvalue weighted by molar-refractivity contribution is 0.430. The molecule has 0 aliphatic heterocycles. The van der Waals surface area contributed by atoms with E-state index in [1.807, 2.05) is 12.1 Å². The van der Waals surface area contributed by atoms with Crippen LogP contribution in [0, 0.1) is 0 Å². The van der Waals surface area contributed by atoms with Crippen molar-refractivity contribution in [3.05, 3.63) is 48.2 Å². The van der Waals surface area contributed by atoms with Crippen LogP contribution in [0.15, 0.2) is 41.3 Å². The summed E-state index contributed by atoms with van der Waals surface area (Å²) in [5.74, 6) is 0.981. The van der Waals surface area contributed by atoms with E-state index in [1.165, 1.54) is 5.56 Å². The molecule has 1 atom stereocenters. The molecule has 0 amide bonds. The number of rotatable bonds is 5. The number of nitrogens with one attached hydrogen (secondary N) is 1. The van der Waals surface area contributed by atoms with Crippen LogP contribution in [0.3, 0.4) is 0 Å². The molecule has 86 valence electrons. The van der Waals surface area contributed by atoms with Gasteiger partial charge in [-0.3, -0.25) is 0 Å². The van der Waals surface area contributed by atoms with Crippen LogP contribution in [0.4, 0.5) is 0 Å². The Labute approximate surface area is 96.1 Å². The highest BCUT2D eigenvalue weighted by Gasteiger charge is 2.07. The Balaban J connectivity index is 1.87. The topological polar surface area (TPSA) is 30.1 Å². The van der Waals surface area contributed by atoms with Crippen LogP contribution < -0.4 is 5.32 Å². The Morgan fingerprint density at radius 1 is 1.44 bits per heavy atom. The summed E-state index contributed by atoms with van der Waals surface area (Å²) < 4.78 is 7.52. The first-order chi connectivity index (χ1) is 7.79. The second kappa shape index (κ2) is 5.03. The van der Waals surface area contributed by atoms with Crippen molar-refractivity contribution in [3.8, 4) is 0 Å². The van der Waals surface area contributed by atoms with Gasteiger partial charge in [0.15, 0.2) is 0 Å². The zero-order chi connectivity index (χ0) is 11.4. The van der Waals surface area contributed by atoms with Gasteiger partial charge >= 0.3 is 0 Å². The molecule has 0 aliphatic carbocycles. The molecule has 2 aromatic heterocycles. The minimum Gasteiger partial charge on any atom is -0.468 e. The Hall–Kier alpha value is -1.48. The Morgan fingerprint density at radius 3 is 2.94 bits per heavy atom. The van der Waals surface area contributed by atoms with Gasteiger partial charge in [-0.05, 0) is 37.6 Å². The van der Waals surface area contributed by atoms with E-state index in [9.17, 15) is 0 Å². The molecule has 0 fully saturated rings. The first-order valence-electron chi connectivity index (χ1n) is 5.71. The maximum atomic E-state index is 5.34. The SMILES string of the molecule is CCn1ccc(CNC(C)c2ccco2)c1. The minimum absolute atomic E-state index is 0.250. The summed E-state index contributed by atoms with van der Waals surface area (Å²) in [6.07, 6.45) is 5.98. The van der Waals surface area contributed by atoms with Crippen molar-refractivity contribution in [1.82, 2.24) is 9.88 Å². The second-order valence-corrected chi connectivity index (χ2v) is 3.97. The van der Waals surface area contributed by atoms with Crippen LogP contribution in [0.5, 0.6) is 0 Å². The highest BCUT2D eigenvalue weighted by Crippen LogP contribution is 2.13. The van der Waals surface area contributed by atoms with Crippen molar-refractivity contribution >= 4 is 0 Å². The lowest BCUT2D eigenvalue weighted by atomic mass is 10.2. The van der Waals surface area contributed by atoms with E-state index in [0.717, 1.165) is 18.8 Å². The Kier molecular flexibility index (Phi) is 3.47. The largest absolute Gasteiger partial charge is 0.468 e. The van der Waals surface area contributed by atoms with Crippen LogP contribution in [-0.2, 0) is 13.1 Å². The minimum atomic E-state index is 0.250. The summed E-state index contributed by atoms with van der Waals surface area (Å²) in [6, 6.07) is 6.31. The molecule has 2 heterocycles. The average molecular weight is 218 g/mol. The molecule has 0 spiro atoms. The van der Waals surface area contributed by atoms with Gasteiger partial charge in [0.25, 0.3) is 0 Å². The van der Waals surface area contributed by atoms with Crippen molar-refractivity contribution in [2.75, 3.05) is 0 Å². The monoisotopic (exact) mass is 218 g/mol. The molecule has 0 saturated carbocycles. The summed E-state index contributed by atoms with van der Waals surface area (Å²) in [6.45, 7) is 6.14. The highest BCUT2D eigenvalue weighted by molar-refractivity contribution is 5.11. The fraction of sp³-hybridized carbons (Fsp3) is 0.385. The maximum Gasteiger partial charge on any atom is 0.120 e. The normalized spacial score (nSPS) is 12.9. The molecule has 3 heteroatoms. The van der Waals surface area contributed by atoms with Crippen LogP contribution in [0.25, 0.3) is 0 Å². The number of aryl methyl sites for hydroxylation is 1. The number of hydrogen-bond acceptors (Lipinski definition) is 2. The number of hydrogen-bond donors (Lipinski definition) is 1. The van der Waals surface area contributed by atoms with E-state index < -0.39 is 0 Å². The van der Waals surface area contributed by atoms with Crippen LogP contribution in [0.1, 0.15) is 31.2 Å². The van der Waals surface area contributed by atoms with Gasteiger partial charge < -0.3 is 14.3 Å². The predicted octanol–water partition coefficient (Wildman–Crippen LogP) is 2.95. The van der Waals surface area contributed by atoms with Gasteiger partial charge in [-0.2, -0.15) is 0 Å². The second-order valence-electron chi connectivity index (χ2n) is 3.97. The lowest BCUT2D eigenvalue weighted by Gasteiger charge is -2.09. The maximum absolute atomic E-state index is 5.34. The fourth-order valence-corrected chi connectivity index (χ4v) is 1.70. The molecule has 0 aliphatic rings. The number of nitrogens with zero attached hydrogens (tertiary/aromatic N) is 1. The van der Waals surface area contributed by atoms with E-state index >= 15 is 0 Å². The van der Waals surface area contributed by atoms with Crippen molar-refractivity contribution in [3.63, 3.8) is 0 Å². The molecule has 1 unspecified atom stereocenters. The zero-order valence-electron chi connectivity index (χ0n) is 9.81. The standard InChI is InChI=1S/C13H18N2O/c1-3-15-7-6-12(10-15)9-14-11(2)13-5-4-8-16-13/h4-8,10-11,14H,3,9H2,1-2H3. The van der Waals surface area contributed by atoms with E-state index in [2.05, 4.69) is 42.2 Å². The third-order valence-corrected chi connectivity index (χ3v) is 2.76. The van der Waals surface area contributed by atoms with Gasteiger partial charge in [0.2, 0.25) is 0 Å². The summed E-state index contributed by atoms with van der Waals surface area (Å²) in [5.41, 5.74) is 1.31. The Bertz CT molecular complexity index is 417. The Morgan fingerprint density at radius 2 is 2.31 bits per heavy atom. The number of furan rings is 1. The van der Waals surface area contributed by atoms with Gasteiger partial charge in [-0.1, -0.05) is 0 Å². The predicted molar refractivity (Wildman–Crippen MR) is 64.1 cm³/mol.